The molecule has 4 nitrogen and oxygen atoms in total. The molecule has 0 bridgehead atoms. The summed E-state index contributed by atoms with van der Waals surface area (Å²) >= 11 is 0. The molecule has 112 valence electrons. The number of hydrogen-bond acceptors (Lipinski definition) is 3. The Balaban J connectivity index is 0.00000200. The molecule has 1 aromatic rings. The number of halogens is 1. The van der Waals surface area contributed by atoms with Gasteiger partial charge in [-0.05, 0) is 45.0 Å². The fourth-order valence-corrected chi connectivity index (χ4v) is 2.54. The molecule has 0 saturated carbocycles. The highest BCUT2D eigenvalue weighted by atomic mass is 35.5. The zero-order valence-electron chi connectivity index (χ0n) is 12.3. The van der Waals surface area contributed by atoms with Crippen LogP contribution >= 0.6 is 12.4 Å². The number of nitrogens with zero attached hydrogens (tertiary/aromatic N) is 1. The summed E-state index contributed by atoms with van der Waals surface area (Å²) in [5, 5.41) is 3.43. The van der Waals surface area contributed by atoms with Gasteiger partial charge in [0.15, 0.2) is 0 Å². The molecule has 1 aliphatic rings. The fourth-order valence-electron chi connectivity index (χ4n) is 2.54. The standard InChI is InChI=1S/C15H22N2O2.ClH/c1-4-19-14-7-5-13(6-8-14)15(18)17-9-11(2)16-12(3)10-17;/h5-8,11-12,16H,4,9-10H2,1-3H3;1H. The molecule has 1 saturated heterocycles. The highest BCUT2D eigenvalue weighted by molar-refractivity contribution is 5.94. The van der Waals surface area contributed by atoms with E-state index in [9.17, 15) is 4.79 Å². The van der Waals surface area contributed by atoms with Gasteiger partial charge < -0.3 is 15.0 Å². The van der Waals surface area contributed by atoms with Crippen LogP contribution in [0.1, 0.15) is 31.1 Å². The lowest BCUT2D eigenvalue weighted by molar-refractivity contribution is 0.0674. The van der Waals surface area contributed by atoms with Gasteiger partial charge >= 0.3 is 0 Å². The van der Waals surface area contributed by atoms with E-state index in [0.717, 1.165) is 24.4 Å². The second-order valence-corrected chi connectivity index (χ2v) is 5.14. The Hall–Kier alpha value is -1.26. The average Bonchev–Trinajstić information content (AvgIpc) is 2.38. The third kappa shape index (κ3) is 4.12. The van der Waals surface area contributed by atoms with E-state index < -0.39 is 0 Å². The van der Waals surface area contributed by atoms with E-state index in [1.54, 1.807) is 0 Å². The lowest BCUT2D eigenvalue weighted by Crippen LogP contribution is -2.55. The summed E-state index contributed by atoms with van der Waals surface area (Å²) in [6.07, 6.45) is 0. The van der Waals surface area contributed by atoms with Crippen molar-refractivity contribution in [1.29, 1.82) is 0 Å². The first-order valence-electron chi connectivity index (χ1n) is 6.88. The number of piperazine rings is 1. The quantitative estimate of drug-likeness (QED) is 0.931. The molecule has 2 atom stereocenters. The molecular formula is C15H23ClN2O2. The molecule has 1 amide bonds. The van der Waals surface area contributed by atoms with E-state index in [0.29, 0.717) is 18.7 Å². The van der Waals surface area contributed by atoms with Crippen LogP contribution in [0, 0.1) is 0 Å². The molecule has 0 radical (unpaired) electrons. The number of benzene rings is 1. The molecule has 1 aromatic carbocycles. The van der Waals surface area contributed by atoms with Crippen molar-refractivity contribution < 1.29 is 9.53 Å². The van der Waals surface area contributed by atoms with Crippen molar-refractivity contribution in [2.24, 2.45) is 0 Å². The topological polar surface area (TPSA) is 41.6 Å². The minimum atomic E-state index is 0. The van der Waals surface area contributed by atoms with Gasteiger partial charge in [0.1, 0.15) is 5.75 Å². The Bertz CT molecular complexity index is 426. The maximum absolute atomic E-state index is 12.4. The van der Waals surface area contributed by atoms with Crippen LogP contribution < -0.4 is 10.1 Å². The van der Waals surface area contributed by atoms with E-state index in [1.165, 1.54) is 0 Å². The second-order valence-electron chi connectivity index (χ2n) is 5.14. The molecule has 0 aromatic heterocycles. The minimum Gasteiger partial charge on any atom is -0.494 e. The van der Waals surface area contributed by atoms with Gasteiger partial charge in [0.05, 0.1) is 6.61 Å². The van der Waals surface area contributed by atoms with Crippen LogP contribution in [0.15, 0.2) is 24.3 Å². The fraction of sp³-hybridized carbons (Fsp3) is 0.533. The van der Waals surface area contributed by atoms with Gasteiger partial charge in [0, 0.05) is 30.7 Å². The molecule has 1 fully saturated rings. The Morgan fingerprint density at radius 2 is 1.80 bits per heavy atom. The molecule has 1 aliphatic heterocycles. The lowest BCUT2D eigenvalue weighted by atomic mass is 10.1. The summed E-state index contributed by atoms with van der Waals surface area (Å²) in [7, 11) is 0. The number of rotatable bonds is 3. The Morgan fingerprint density at radius 1 is 1.25 bits per heavy atom. The van der Waals surface area contributed by atoms with Crippen molar-refractivity contribution in [3.05, 3.63) is 29.8 Å². The van der Waals surface area contributed by atoms with Crippen molar-refractivity contribution in [2.75, 3.05) is 19.7 Å². The largest absolute Gasteiger partial charge is 0.494 e. The van der Waals surface area contributed by atoms with Gasteiger partial charge in [0.2, 0.25) is 0 Å². The zero-order valence-corrected chi connectivity index (χ0v) is 13.1. The molecule has 0 aliphatic carbocycles. The van der Waals surface area contributed by atoms with Crippen LogP contribution in [0.3, 0.4) is 0 Å². The smallest absolute Gasteiger partial charge is 0.253 e. The number of nitrogens with one attached hydrogen (secondary N) is 1. The summed E-state index contributed by atoms with van der Waals surface area (Å²) in [6, 6.07) is 8.07. The first-order valence-corrected chi connectivity index (χ1v) is 6.88. The second kappa shape index (κ2) is 7.50. The third-order valence-electron chi connectivity index (χ3n) is 3.26. The number of ether oxygens (including phenoxy) is 1. The van der Waals surface area contributed by atoms with Gasteiger partial charge in [-0.15, -0.1) is 12.4 Å². The van der Waals surface area contributed by atoms with Crippen molar-refractivity contribution in [3.63, 3.8) is 0 Å². The van der Waals surface area contributed by atoms with Gasteiger partial charge in [-0.3, -0.25) is 4.79 Å². The van der Waals surface area contributed by atoms with E-state index in [4.69, 9.17) is 4.74 Å². The number of carbonyl (C=O) groups is 1. The first kappa shape index (κ1) is 16.8. The maximum Gasteiger partial charge on any atom is 0.253 e. The summed E-state index contributed by atoms with van der Waals surface area (Å²) in [6.45, 7) is 8.32. The van der Waals surface area contributed by atoms with Gasteiger partial charge in [-0.1, -0.05) is 0 Å². The summed E-state index contributed by atoms with van der Waals surface area (Å²) in [5.41, 5.74) is 0.727. The molecule has 20 heavy (non-hydrogen) atoms. The summed E-state index contributed by atoms with van der Waals surface area (Å²) in [5.74, 6) is 0.907. The van der Waals surface area contributed by atoms with Gasteiger partial charge in [-0.25, -0.2) is 0 Å². The van der Waals surface area contributed by atoms with Crippen LogP contribution in [-0.2, 0) is 0 Å². The predicted molar refractivity (Wildman–Crippen MR) is 82.8 cm³/mol. The van der Waals surface area contributed by atoms with Crippen molar-refractivity contribution >= 4 is 18.3 Å². The average molecular weight is 299 g/mol. The molecule has 1 N–H and O–H groups in total. The van der Waals surface area contributed by atoms with E-state index >= 15 is 0 Å². The molecule has 2 rings (SSSR count). The molecule has 1 heterocycles. The van der Waals surface area contributed by atoms with E-state index in [1.807, 2.05) is 36.1 Å². The highest BCUT2D eigenvalue weighted by Crippen LogP contribution is 2.15. The predicted octanol–water partition coefficient (Wildman–Crippen LogP) is 2.33. The summed E-state index contributed by atoms with van der Waals surface area (Å²) < 4.78 is 5.39. The SMILES string of the molecule is CCOc1ccc(C(=O)N2CC(C)NC(C)C2)cc1.Cl. The monoisotopic (exact) mass is 298 g/mol. The van der Waals surface area contributed by atoms with Crippen LogP contribution in [-0.4, -0.2) is 42.6 Å². The lowest BCUT2D eigenvalue weighted by Gasteiger charge is -2.36. The molecule has 2 unspecified atom stereocenters. The zero-order chi connectivity index (χ0) is 13.8. The third-order valence-corrected chi connectivity index (χ3v) is 3.26. The molecule has 0 spiro atoms. The normalized spacial score (nSPS) is 22.1. The van der Waals surface area contributed by atoms with Crippen molar-refractivity contribution in [2.45, 2.75) is 32.9 Å². The first-order chi connectivity index (χ1) is 9.10. The van der Waals surface area contributed by atoms with Crippen LogP contribution in [0.2, 0.25) is 0 Å². The van der Waals surface area contributed by atoms with Crippen LogP contribution in [0.25, 0.3) is 0 Å². The molecular weight excluding hydrogens is 276 g/mol. The van der Waals surface area contributed by atoms with Crippen molar-refractivity contribution in [1.82, 2.24) is 10.2 Å². The van der Waals surface area contributed by atoms with Crippen LogP contribution in [0.4, 0.5) is 0 Å². The number of amides is 1. The number of hydrogen-bond donors (Lipinski definition) is 1. The Morgan fingerprint density at radius 3 is 2.30 bits per heavy atom. The summed E-state index contributed by atoms with van der Waals surface area (Å²) in [4.78, 5) is 14.3. The van der Waals surface area contributed by atoms with Gasteiger partial charge in [-0.2, -0.15) is 0 Å². The van der Waals surface area contributed by atoms with E-state index in [-0.39, 0.29) is 18.3 Å². The number of carbonyl (C=O) groups excluding carboxylic acids is 1. The Kier molecular flexibility index (Phi) is 6.30. The Labute approximate surface area is 126 Å². The molecule has 5 heteroatoms. The van der Waals surface area contributed by atoms with Crippen LogP contribution in [0.5, 0.6) is 5.75 Å². The highest BCUT2D eigenvalue weighted by Gasteiger charge is 2.25. The maximum atomic E-state index is 12.4. The van der Waals surface area contributed by atoms with Crippen molar-refractivity contribution in [3.8, 4) is 5.75 Å². The van der Waals surface area contributed by atoms with Gasteiger partial charge in [0.25, 0.3) is 5.91 Å². The van der Waals surface area contributed by atoms with E-state index in [2.05, 4.69) is 19.2 Å². The minimum absolute atomic E-state index is 0.